The van der Waals surface area contributed by atoms with Gasteiger partial charge in [-0.3, -0.25) is 4.79 Å². The van der Waals surface area contributed by atoms with Gasteiger partial charge in [-0.1, -0.05) is 18.5 Å². The largest absolute Gasteiger partial charge is 0.398 e. The van der Waals surface area contributed by atoms with E-state index in [1.54, 1.807) is 6.92 Å². The van der Waals surface area contributed by atoms with Crippen molar-refractivity contribution in [1.82, 2.24) is 5.32 Å². The lowest BCUT2D eigenvalue weighted by Gasteiger charge is -2.12. The lowest BCUT2D eigenvalue weighted by molar-refractivity contribution is -0.119. The number of anilines is 1. The maximum Gasteiger partial charge on any atom is 0.235 e. The molecule has 19 heavy (non-hydrogen) atoms. The molecule has 0 aliphatic carbocycles. The number of nitrogens with two attached hydrogens (primary N) is 1. The van der Waals surface area contributed by atoms with Crippen LogP contribution >= 0.6 is 11.6 Å². The van der Waals surface area contributed by atoms with Crippen LogP contribution in [0.5, 0.6) is 0 Å². The van der Waals surface area contributed by atoms with Crippen LogP contribution in [-0.2, 0) is 14.6 Å². The van der Waals surface area contributed by atoms with Crippen LogP contribution in [0, 0.1) is 0 Å². The monoisotopic (exact) mass is 304 g/mol. The lowest BCUT2D eigenvalue weighted by Crippen LogP contribution is -2.36. The van der Waals surface area contributed by atoms with Crippen LogP contribution in [0.15, 0.2) is 23.1 Å². The second-order valence-electron chi connectivity index (χ2n) is 4.32. The van der Waals surface area contributed by atoms with E-state index in [1.807, 2.05) is 6.92 Å². The second kappa shape index (κ2) is 6.25. The van der Waals surface area contributed by atoms with Gasteiger partial charge in [-0.05, 0) is 31.5 Å². The third-order valence-corrected chi connectivity index (χ3v) is 4.55. The molecule has 5 nitrogen and oxygen atoms in total. The number of rotatable bonds is 5. The molecule has 0 saturated heterocycles. The normalized spacial score (nSPS) is 13.0. The smallest absolute Gasteiger partial charge is 0.235 e. The molecule has 0 saturated carbocycles. The van der Waals surface area contributed by atoms with Gasteiger partial charge in [0, 0.05) is 11.1 Å². The summed E-state index contributed by atoms with van der Waals surface area (Å²) in [5, 5.41) is 2.86. The highest BCUT2D eigenvalue weighted by Crippen LogP contribution is 2.23. The Morgan fingerprint density at radius 2 is 2.11 bits per heavy atom. The molecule has 1 amide bonds. The zero-order chi connectivity index (χ0) is 14.6. The summed E-state index contributed by atoms with van der Waals surface area (Å²) in [5.41, 5.74) is 5.69. The number of benzene rings is 1. The van der Waals surface area contributed by atoms with E-state index in [-0.39, 0.29) is 21.6 Å². The first-order chi connectivity index (χ1) is 8.76. The van der Waals surface area contributed by atoms with Gasteiger partial charge in [-0.2, -0.15) is 0 Å². The van der Waals surface area contributed by atoms with Gasteiger partial charge in [0.1, 0.15) is 5.75 Å². The number of hydrogen-bond donors (Lipinski definition) is 2. The minimum Gasteiger partial charge on any atom is -0.398 e. The first-order valence-electron chi connectivity index (χ1n) is 5.83. The van der Waals surface area contributed by atoms with Crippen molar-refractivity contribution in [2.24, 2.45) is 0 Å². The molecule has 7 heteroatoms. The molecule has 1 aromatic rings. The standard InChI is InChI=1S/C12H17ClN2O3S/c1-3-8(2)15-12(16)7-19(17,18)11-6-9(13)4-5-10(11)14/h4-6,8H,3,7,14H2,1-2H3,(H,15,16). The Morgan fingerprint density at radius 1 is 1.47 bits per heavy atom. The molecule has 1 rings (SSSR count). The summed E-state index contributed by atoms with van der Waals surface area (Å²) in [6.45, 7) is 3.70. The maximum atomic E-state index is 12.1. The first-order valence-corrected chi connectivity index (χ1v) is 7.86. The Balaban J connectivity index is 2.93. The fourth-order valence-corrected chi connectivity index (χ4v) is 3.00. The average Bonchev–Trinajstić information content (AvgIpc) is 2.31. The number of sulfone groups is 1. The molecule has 3 N–H and O–H groups in total. The minimum absolute atomic E-state index is 0.0700. The zero-order valence-corrected chi connectivity index (χ0v) is 12.4. The summed E-state index contributed by atoms with van der Waals surface area (Å²) in [7, 11) is -3.79. The molecule has 0 aromatic heterocycles. The van der Waals surface area contributed by atoms with Crippen molar-refractivity contribution in [2.75, 3.05) is 11.5 Å². The summed E-state index contributed by atoms with van der Waals surface area (Å²) in [6.07, 6.45) is 0.727. The van der Waals surface area contributed by atoms with Gasteiger partial charge in [-0.15, -0.1) is 0 Å². The number of carbonyl (C=O) groups is 1. The van der Waals surface area contributed by atoms with E-state index in [0.29, 0.717) is 0 Å². The maximum absolute atomic E-state index is 12.1. The Hall–Kier alpha value is -1.27. The van der Waals surface area contributed by atoms with Crippen molar-refractivity contribution < 1.29 is 13.2 Å². The molecule has 0 bridgehead atoms. The summed E-state index contributed by atoms with van der Waals surface area (Å²) < 4.78 is 24.2. The number of hydrogen-bond acceptors (Lipinski definition) is 4. The van der Waals surface area contributed by atoms with E-state index in [1.165, 1.54) is 18.2 Å². The van der Waals surface area contributed by atoms with Gasteiger partial charge in [0.25, 0.3) is 0 Å². The fourth-order valence-electron chi connectivity index (χ4n) is 1.45. The number of carbonyl (C=O) groups excluding carboxylic acids is 1. The molecule has 0 aliphatic heterocycles. The van der Waals surface area contributed by atoms with E-state index in [4.69, 9.17) is 17.3 Å². The topological polar surface area (TPSA) is 89.3 Å². The number of nitrogen functional groups attached to an aromatic ring is 1. The van der Waals surface area contributed by atoms with Gasteiger partial charge in [0.15, 0.2) is 9.84 Å². The van der Waals surface area contributed by atoms with E-state index >= 15 is 0 Å². The van der Waals surface area contributed by atoms with Gasteiger partial charge in [0.05, 0.1) is 10.6 Å². The lowest BCUT2D eigenvalue weighted by atomic mass is 10.3. The quantitative estimate of drug-likeness (QED) is 0.809. The predicted molar refractivity (Wildman–Crippen MR) is 75.8 cm³/mol. The highest BCUT2D eigenvalue weighted by atomic mass is 35.5. The van der Waals surface area contributed by atoms with Crippen LogP contribution in [0.25, 0.3) is 0 Å². The van der Waals surface area contributed by atoms with Crippen LogP contribution in [0.1, 0.15) is 20.3 Å². The predicted octanol–water partition coefficient (Wildman–Crippen LogP) is 1.61. The first kappa shape index (κ1) is 15.8. The molecule has 0 radical (unpaired) electrons. The minimum atomic E-state index is -3.79. The molecule has 0 fully saturated rings. The van der Waals surface area contributed by atoms with E-state index < -0.39 is 21.5 Å². The van der Waals surface area contributed by atoms with E-state index in [0.717, 1.165) is 6.42 Å². The van der Waals surface area contributed by atoms with E-state index in [2.05, 4.69) is 5.32 Å². The molecule has 0 aliphatic rings. The molecule has 1 atom stereocenters. The highest BCUT2D eigenvalue weighted by Gasteiger charge is 2.22. The van der Waals surface area contributed by atoms with Crippen molar-refractivity contribution in [3.63, 3.8) is 0 Å². The molecular formula is C12H17ClN2O3S. The number of nitrogens with one attached hydrogen (secondary N) is 1. The van der Waals surface area contributed by atoms with Crippen molar-refractivity contribution in [2.45, 2.75) is 31.2 Å². The molecule has 1 aromatic carbocycles. The molecular weight excluding hydrogens is 288 g/mol. The molecule has 0 heterocycles. The van der Waals surface area contributed by atoms with E-state index in [9.17, 15) is 13.2 Å². The molecule has 106 valence electrons. The fraction of sp³-hybridized carbons (Fsp3) is 0.417. The number of amides is 1. The van der Waals surface area contributed by atoms with Gasteiger partial charge in [0.2, 0.25) is 5.91 Å². The molecule has 0 spiro atoms. The Bertz CT molecular complexity index is 572. The highest BCUT2D eigenvalue weighted by molar-refractivity contribution is 7.92. The third kappa shape index (κ3) is 4.40. The van der Waals surface area contributed by atoms with Crippen LogP contribution in [0.4, 0.5) is 5.69 Å². The summed E-state index contributed by atoms with van der Waals surface area (Å²) >= 11 is 5.75. The van der Waals surface area contributed by atoms with Crippen molar-refractivity contribution in [3.05, 3.63) is 23.2 Å². The van der Waals surface area contributed by atoms with Gasteiger partial charge in [-0.25, -0.2) is 8.42 Å². The van der Waals surface area contributed by atoms with Crippen molar-refractivity contribution in [1.29, 1.82) is 0 Å². The average molecular weight is 305 g/mol. The zero-order valence-electron chi connectivity index (χ0n) is 10.8. The van der Waals surface area contributed by atoms with Crippen molar-refractivity contribution in [3.8, 4) is 0 Å². The Kier molecular flexibility index (Phi) is 5.20. The Labute approximate surface area is 118 Å². The van der Waals surface area contributed by atoms with Crippen LogP contribution < -0.4 is 11.1 Å². The molecule has 1 unspecified atom stereocenters. The second-order valence-corrected chi connectivity index (χ2v) is 6.71. The summed E-state index contributed by atoms with van der Waals surface area (Å²) in [6, 6.07) is 4.08. The SMILES string of the molecule is CCC(C)NC(=O)CS(=O)(=O)c1cc(Cl)ccc1N. The summed E-state index contributed by atoms with van der Waals surface area (Å²) in [5.74, 6) is -1.18. The van der Waals surface area contributed by atoms with Gasteiger partial charge < -0.3 is 11.1 Å². The summed E-state index contributed by atoms with van der Waals surface area (Å²) in [4.78, 5) is 11.5. The van der Waals surface area contributed by atoms with Crippen molar-refractivity contribution >= 4 is 33.0 Å². The van der Waals surface area contributed by atoms with Gasteiger partial charge >= 0.3 is 0 Å². The van der Waals surface area contributed by atoms with Crippen LogP contribution in [0.3, 0.4) is 0 Å². The Morgan fingerprint density at radius 3 is 2.68 bits per heavy atom. The third-order valence-electron chi connectivity index (χ3n) is 2.65. The van der Waals surface area contributed by atoms with Crippen LogP contribution in [0.2, 0.25) is 5.02 Å². The number of halogens is 1. The van der Waals surface area contributed by atoms with Crippen LogP contribution in [-0.4, -0.2) is 26.1 Å².